The molecule has 0 bridgehead atoms. The molecule has 0 saturated carbocycles. The van der Waals surface area contributed by atoms with Gasteiger partial charge >= 0.3 is 0 Å². The average molecular weight is 354 g/mol. The van der Waals surface area contributed by atoms with Gasteiger partial charge in [-0.1, -0.05) is 61.9 Å². The van der Waals surface area contributed by atoms with Crippen molar-refractivity contribution in [3.63, 3.8) is 0 Å². The minimum Gasteiger partial charge on any atom is -0.282 e. The summed E-state index contributed by atoms with van der Waals surface area (Å²) in [6.45, 7) is 4.26. The lowest BCUT2D eigenvalue weighted by Gasteiger charge is -2.02. The lowest BCUT2D eigenvalue weighted by molar-refractivity contribution is 0.922. The van der Waals surface area contributed by atoms with Gasteiger partial charge in [-0.2, -0.15) is 0 Å². The Morgan fingerprint density at radius 2 is 1.67 bits per heavy atom. The first-order valence-electron chi connectivity index (χ1n) is 9.30. The van der Waals surface area contributed by atoms with Crippen molar-refractivity contribution >= 4 is 17.2 Å². The molecule has 0 unspecified atom stereocenters. The topological polar surface area (TPSA) is 42.0 Å². The first kappa shape index (κ1) is 17.2. The lowest BCUT2D eigenvalue weighted by atomic mass is 10.1. The van der Waals surface area contributed by atoms with E-state index in [1.54, 1.807) is 0 Å². The van der Waals surface area contributed by atoms with Crippen molar-refractivity contribution in [1.29, 1.82) is 0 Å². The van der Waals surface area contributed by atoms with Crippen LogP contribution in [0.25, 0.3) is 16.9 Å². The molecule has 0 fully saturated rings. The van der Waals surface area contributed by atoms with Crippen molar-refractivity contribution in [2.75, 3.05) is 0 Å². The molecule has 2 heterocycles. The molecule has 0 atom stereocenters. The van der Waals surface area contributed by atoms with Gasteiger partial charge in [-0.3, -0.25) is 4.40 Å². The quantitative estimate of drug-likeness (QED) is 0.369. The monoisotopic (exact) mass is 354 g/mol. The number of pyridine rings is 1. The van der Waals surface area contributed by atoms with Gasteiger partial charge in [0.15, 0.2) is 5.82 Å². The molecular weight excluding hydrogens is 332 g/mol. The first-order chi connectivity index (χ1) is 13.3. The normalized spacial score (nSPS) is 11.5. The van der Waals surface area contributed by atoms with Crippen LogP contribution < -0.4 is 0 Å². The van der Waals surface area contributed by atoms with Gasteiger partial charge in [-0.15, -0.1) is 10.2 Å². The number of imidazole rings is 1. The number of aromatic nitrogens is 2. The number of nitrogens with zero attached hydrogens (tertiary/aromatic N) is 4. The van der Waals surface area contributed by atoms with Crippen LogP contribution in [0.3, 0.4) is 0 Å². The number of azo groups is 1. The number of hydrogen-bond acceptors (Lipinski definition) is 3. The molecule has 4 heteroatoms. The van der Waals surface area contributed by atoms with Gasteiger partial charge < -0.3 is 0 Å². The van der Waals surface area contributed by atoms with Crippen molar-refractivity contribution in [3.05, 3.63) is 84.1 Å². The second-order valence-corrected chi connectivity index (χ2v) is 6.65. The van der Waals surface area contributed by atoms with Crippen LogP contribution in [0.5, 0.6) is 0 Å². The van der Waals surface area contributed by atoms with Crippen molar-refractivity contribution in [2.45, 2.75) is 26.7 Å². The highest BCUT2D eigenvalue weighted by Crippen LogP contribution is 2.33. The van der Waals surface area contributed by atoms with E-state index in [0.29, 0.717) is 0 Å². The Morgan fingerprint density at radius 1 is 0.889 bits per heavy atom. The summed E-state index contributed by atoms with van der Waals surface area (Å²) >= 11 is 0. The van der Waals surface area contributed by atoms with E-state index in [9.17, 15) is 0 Å². The van der Waals surface area contributed by atoms with E-state index in [0.717, 1.165) is 46.8 Å². The SMILES string of the molecule is CCCc1ccc(-c2nc3c(C)cccn3c2N=Nc2ccccc2)cc1. The molecule has 0 aliphatic heterocycles. The molecule has 2 aromatic heterocycles. The van der Waals surface area contributed by atoms with E-state index in [1.165, 1.54) is 5.56 Å². The summed E-state index contributed by atoms with van der Waals surface area (Å²) in [7, 11) is 0. The Balaban J connectivity index is 1.84. The minimum atomic E-state index is 0.751. The van der Waals surface area contributed by atoms with Gasteiger partial charge in [0.05, 0.1) is 5.69 Å². The molecular formula is C23H22N4. The standard InChI is InChI=1S/C23H22N4/c1-3-8-18-12-14-19(15-13-18)21-23(26-25-20-10-5-4-6-11-20)27-16-7-9-17(2)22(27)24-21/h4-7,9-16H,3,8H2,1-2H3. The third-order valence-electron chi connectivity index (χ3n) is 4.60. The number of rotatable bonds is 5. The molecule has 4 rings (SSSR count). The smallest absolute Gasteiger partial charge is 0.187 e. The maximum absolute atomic E-state index is 4.88. The van der Waals surface area contributed by atoms with Crippen molar-refractivity contribution in [3.8, 4) is 11.3 Å². The van der Waals surface area contributed by atoms with Crippen LogP contribution in [0.2, 0.25) is 0 Å². The van der Waals surface area contributed by atoms with E-state index in [4.69, 9.17) is 4.98 Å². The summed E-state index contributed by atoms with van der Waals surface area (Å²) in [5, 5.41) is 8.99. The summed E-state index contributed by atoms with van der Waals surface area (Å²) in [6, 6.07) is 22.5. The zero-order valence-electron chi connectivity index (χ0n) is 15.6. The molecule has 0 spiro atoms. The summed E-state index contributed by atoms with van der Waals surface area (Å²) in [5.41, 5.74) is 6.10. The minimum absolute atomic E-state index is 0.751. The maximum Gasteiger partial charge on any atom is 0.187 e. The Labute approximate surface area is 159 Å². The number of fused-ring (bicyclic) bond motifs is 1. The molecule has 2 aromatic carbocycles. The maximum atomic E-state index is 4.88. The number of aryl methyl sites for hydroxylation is 2. The molecule has 4 nitrogen and oxygen atoms in total. The highest BCUT2D eigenvalue weighted by molar-refractivity contribution is 5.75. The van der Waals surface area contributed by atoms with Gasteiger partial charge in [0.25, 0.3) is 0 Å². The van der Waals surface area contributed by atoms with Crippen molar-refractivity contribution in [1.82, 2.24) is 9.38 Å². The summed E-state index contributed by atoms with van der Waals surface area (Å²) < 4.78 is 2.01. The zero-order valence-corrected chi connectivity index (χ0v) is 15.6. The van der Waals surface area contributed by atoms with Crippen molar-refractivity contribution in [2.24, 2.45) is 10.2 Å². The molecule has 134 valence electrons. The second kappa shape index (κ2) is 7.54. The van der Waals surface area contributed by atoms with Crippen molar-refractivity contribution < 1.29 is 0 Å². The van der Waals surface area contributed by atoms with Gasteiger partial charge in [0.2, 0.25) is 0 Å². The highest BCUT2D eigenvalue weighted by atomic mass is 15.2. The predicted octanol–water partition coefficient (Wildman–Crippen LogP) is 6.68. The van der Waals surface area contributed by atoms with Gasteiger partial charge in [-0.25, -0.2) is 4.98 Å². The summed E-state index contributed by atoms with van der Waals surface area (Å²) in [5.74, 6) is 0.751. The largest absolute Gasteiger partial charge is 0.282 e. The summed E-state index contributed by atoms with van der Waals surface area (Å²) in [6.07, 6.45) is 4.22. The number of hydrogen-bond donors (Lipinski definition) is 0. The van der Waals surface area contributed by atoms with E-state index >= 15 is 0 Å². The molecule has 0 aliphatic carbocycles. The van der Waals surface area contributed by atoms with E-state index in [1.807, 2.05) is 47.0 Å². The fraction of sp³-hybridized carbons (Fsp3) is 0.174. The van der Waals surface area contributed by atoms with Crippen LogP contribution in [-0.4, -0.2) is 9.38 Å². The van der Waals surface area contributed by atoms with Crippen LogP contribution >= 0.6 is 0 Å². The van der Waals surface area contributed by atoms with Crippen LogP contribution in [0.1, 0.15) is 24.5 Å². The predicted molar refractivity (Wildman–Crippen MR) is 110 cm³/mol. The van der Waals surface area contributed by atoms with Crippen LogP contribution in [0.4, 0.5) is 11.5 Å². The highest BCUT2D eigenvalue weighted by Gasteiger charge is 2.15. The molecule has 0 N–H and O–H groups in total. The second-order valence-electron chi connectivity index (χ2n) is 6.65. The zero-order chi connectivity index (χ0) is 18.6. The van der Waals surface area contributed by atoms with E-state index in [2.05, 4.69) is 54.4 Å². The molecule has 0 aliphatic rings. The Kier molecular flexibility index (Phi) is 4.79. The third-order valence-corrected chi connectivity index (χ3v) is 4.60. The van der Waals surface area contributed by atoms with Crippen LogP contribution in [0.15, 0.2) is 83.2 Å². The molecule has 0 radical (unpaired) electrons. The Bertz CT molecular complexity index is 1080. The number of benzene rings is 2. The third kappa shape index (κ3) is 3.51. The first-order valence-corrected chi connectivity index (χ1v) is 9.30. The fourth-order valence-electron chi connectivity index (χ4n) is 3.20. The fourth-order valence-corrected chi connectivity index (χ4v) is 3.20. The van der Waals surface area contributed by atoms with Gasteiger partial charge in [-0.05, 0) is 42.7 Å². The average Bonchev–Trinajstić information content (AvgIpc) is 3.08. The lowest BCUT2D eigenvalue weighted by Crippen LogP contribution is -1.85. The van der Waals surface area contributed by atoms with Gasteiger partial charge in [0.1, 0.15) is 11.3 Å². The Morgan fingerprint density at radius 3 is 2.41 bits per heavy atom. The van der Waals surface area contributed by atoms with E-state index in [-0.39, 0.29) is 0 Å². The summed E-state index contributed by atoms with van der Waals surface area (Å²) in [4.78, 5) is 4.88. The van der Waals surface area contributed by atoms with Crippen LogP contribution in [0, 0.1) is 6.92 Å². The molecule has 4 aromatic rings. The molecule has 27 heavy (non-hydrogen) atoms. The Hall–Kier alpha value is -3.27. The van der Waals surface area contributed by atoms with Crippen LogP contribution in [-0.2, 0) is 6.42 Å². The van der Waals surface area contributed by atoms with E-state index < -0.39 is 0 Å². The molecule has 0 amide bonds. The van der Waals surface area contributed by atoms with Gasteiger partial charge in [0, 0.05) is 11.8 Å². The molecule has 0 saturated heterocycles.